The van der Waals surface area contributed by atoms with Crippen LogP contribution in [0.5, 0.6) is 0 Å². The lowest BCUT2D eigenvalue weighted by molar-refractivity contribution is 0.300. The maximum Gasteiger partial charge on any atom is 0.190 e. The predicted molar refractivity (Wildman–Crippen MR) is 105 cm³/mol. The molecule has 2 N–H and O–H groups in total. The lowest BCUT2D eigenvalue weighted by Gasteiger charge is -2.18. The van der Waals surface area contributed by atoms with Crippen molar-refractivity contribution in [3.63, 3.8) is 0 Å². The average Bonchev–Trinajstić information content (AvgIpc) is 2.60. The van der Waals surface area contributed by atoms with Crippen molar-refractivity contribution in [2.45, 2.75) is 31.6 Å². The summed E-state index contributed by atoms with van der Waals surface area (Å²) >= 11 is 0. The van der Waals surface area contributed by atoms with E-state index in [0.29, 0.717) is 4.90 Å². The van der Waals surface area contributed by atoms with Crippen molar-refractivity contribution < 1.29 is 8.42 Å². The number of hydrogen-bond donors (Lipinski definition) is 2. The molecule has 0 radical (unpaired) electrons. The molecule has 0 aliphatic carbocycles. The molecule has 1 rings (SSSR count). The van der Waals surface area contributed by atoms with E-state index in [1.807, 2.05) is 12.1 Å². The van der Waals surface area contributed by atoms with Gasteiger partial charge < -0.3 is 15.5 Å². The molecule has 0 atom stereocenters. The summed E-state index contributed by atoms with van der Waals surface area (Å²) in [4.78, 5) is 6.98. The predicted octanol–water partition coefficient (Wildman–Crippen LogP) is 1.53. The van der Waals surface area contributed by atoms with Gasteiger partial charge in [0, 0.05) is 26.4 Å². The molecule has 0 bridgehead atoms. The van der Waals surface area contributed by atoms with Gasteiger partial charge in [-0.05, 0) is 50.2 Å². The first-order valence-electron chi connectivity index (χ1n) is 8.86. The fourth-order valence-electron chi connectivity index (χ4n) is 2.50. The van der Waals surface area contributed by atoms with E-state index in [2.05, 4.69) is 34.4 Å². The molecule has 0 saturated carbocycles. The number of benzene rings is 1. The van der Waals surface area contributed by atoms with Crippen molar-refractivity contribution in [2.24, 2.45) is 4.99 Å². The molecule has 0 saturated heterocycles. The third kappa shape index (κ3) is 8.36. The van der Waals surface area contributed by atoms with Crippen molar-refractivity contribution >= 4 is 15.8 Å². The number of rotatable bonds is 10. The van der Waals surface area contributed by atoms with Gasteiger partial charge in [-0.2, -0.15) is 0 Å². The van der Waals surface area contributed by atoms with E-state index in [4.69, 9.17) is 0 Å². The summed E-state index contributed by atoms with van der Waals surface area (Å²) in [5, 5.41) is 6.61. The summed E-state index contributed by atoms with van der Waals surface area (Å²) < 4.78 is 22.9. The number of nitrogens with zero attached hydrogens (tertiary/aromatic N) is 2. The van der Waals surface area contributed by atoms with Crippen LogP contribution in [0, 0.1) is 0 Å². The first-order chi connectivity index (χ1) is 11.9. The van der Waals surface area contributed by atoms with E-state index in [0.717, 1.165) is 57.1 Å². The van der Waals surface area contributed by atoms with E-state index in [9.17, 15) is 8.42 Å². The van der Waals surface area contributed by atoms with Crippen LogP contribution in [-0.2, 0) is 16.3 Å². The lowest BCUT2D eigenvalue weighted by atomic mass is 10.1. The van der Waals surface area contributed by atoms with E-state index in [1.54, 1.807) is 19.2 Å². The number of hydrogen-bond acceptors (Lipinski definition) is 4. The summed E-state index contributed by atoms with van der Waals surface area (Å²) in [6.45, 7) is 9.25. The van der Waals surface area contributed by atoms with Gasteiger partial charge in [0.25, 0.3) is 0 Å². The summed E-state index contributed by atoms with van der Waals surface area (Å²) in [6, 6.07) is 7.03. The Morgan fingerprint density at radius 3 is 2.20 bits per heavy atom. The second-order valence-electron chi connectivity index (χ2n) is 5.97. The lowest BCUT2D eigenvalue weighted by Crippen LogP contribution is -2.39. The van der Waals surface area contributed by atoms with Gasteiger partial charge in [-0.25, -0.2) is 8.42 Å². The first-order valence-corrected chi connectivity index (χ1v) is 10.8. The summed E-state index contributed by atoms with van der Waals surface area (Å²) in [7, 11) is -1.36. The van der Waals surface area contributed by atoms with E-state index in [-0.39, 0.29) is 0 Å². The molecule has 25 heavy (non-hydrogen) atoms. The summed E-state index contributed by atoms with van der Waals surface area (Å²) in [5.41, 5.74) is 1.09. The van der Waals surface area contributed by atoms with Gasteiger partial charge in [0.15, 0.2) is 15.8 Å². The summed E-state index contributed by atoms with van der Waals surface area (Å²) in [5.74, 6) is 0.798. The molecule has 0 aromatic heterocycles. The van der Waals surface area contributed by atoms with Crippen LogP contribution in [0.4, 0.5) is 0 Å². The highest BCUT2D eigenvalue weighted by Gasteiger charge is 2.06. The standard InChI is InChI=1S/C18H32N4O2S/c1-5-22(6-2)15-7-13-20-18(19-3)21-14-12-16-8-10-17(11-9-16)25(4,23)24/h8-11H,5-7,12-15H2,1-4H3,(H2,19,20,21). The Kier molecular flexibility index (Phi) is 9.52. The van der Waals surface area contributed by atoms with Crippen LogP contribution in [0.15, 0.2) is 34.2 Å². The highest BCUT2D eigenvalue weighted by Crippen LogP contribution is 2.10. The second kappa shape index (κ2) is 11.1. The molecule has 0 heterocycles. The maximum absolute atomic E-state index is 11.5. The van der Waals surface area contributed by atoms with Crippen molar-refractivity contribution in [2.75, 3.05) is 46.0 Å². The average molecular weight is 369 g/mol. The van der Waals surface area contributed by atoms with Crippen molar-refractivity contribution in [1.82, 2.24) is 15.5 Å². The topological polar surface area (TPSA) is 73.8 Å². The number of sulfone groups is 1. The third-order valence-corrected chi connectivity index (χ3v) is 5.25. The Bertz CT molecular complexity index is 623. The molecule has 0 aliphatic heterocycles. The Hall–Kier alpha value is -1.60. The highest BCUT2D eigenvalue weighted by molar-refractivity contribution is 7.90. The van der Waals surface area contributed by atoms with Crippen molar-refractivity contribution in [3.8, 4) is 0 Å². The zero-order valence-corrected chi connectivity index (χ0v) is 16.7. The van der Waals surface area contributed by atoms with Gasteiger partial charge in [0.2, 0.25) is 0 Å². The van der Waals surface area contributed by atoms with Gasteiger partial charge in [-0.1, -0.05) is 26.0 Å². The quantitative estimate of drug-likeness (QED) is 0.372. The minimum atomic E-state index is -3.13. The zero-order chi connectivity index (χ0) is 18.7. The van der Waals surface area contributed by atoms with Gasteiger partial charge in [-0.15, -0.1) is 0 Å². The van der Waals surface area contributed by atoms with E-state index < -0.39 is 9.84 Å². The smallest absolute Gasteiger partial charge is 0.190 e. The second-order valence-corrected chi connectivity index (χ2v) is 7.99. The monoisotopic (exact) mass is 368 g/mol. The van der Waals surface area contributed by atoms with Crippen LogP contribution >= 0.6 is 0 Å². The Morgan fingerprint density at radius 2 is 1.68 bits per heavy atom. The molecule has 0 aliphatic rings. The molecule has 0 spiro atoms. The SMILES string of the molecule is CCN(CC)CCCNC(=NC)NCCc1ccc(S(C)(=O)=O)cc1. The highest BCUT2D eigenvalue weighted by atomic mass is 32.2. The molecule has 6 nitrogen and oxygen atoms in total. The minimum Gasteiger partial charge on any atom is -0.356 e. The number of nitrogens with one attached hydrogen (secondary N) is 2. The Morgan fingerprint density at radius 1 is 1.08 bits per heavy atom. The molecular weight excluding hydrogens is 336 g/mol. The first kappa shape index (κ1) is 21.4. The van der Waals surface area contributed by atoms with Crippen LogP contribution in [-0.4, -0.2) is 65.3 Å². The van der Waals surface area contributed by atoms with Gasteiger partial charge >= 0.3 is 0 Å². The molecule has 142 valence electrons. The molecule has 7 heteroatoms. The fourth-order valence-corrected chi connectivity index (χ4v) is 3.13. The molecule has 0 fully saturated rings. The third-order valence-electron chi connectivity index (χ3n) is 4.12. The zero-order valence-electron chi connectivity index (χ0n) is 15.9. The molecule has 1 aromatic rings. The molecule has 1 aromatic carbocycles. The van der Waals surface area contributed by atoms with Crippen molar-refractivity contribution in [3.05, 3.63) is 29.8 Å². The fraction of sp³-hybridized carbons (Fsp3) is 0.611. The van der Waals surface area contributed by atoms with Crippen LogP contribution in [0.25, 0.3) is 0 Å². The largest absolute Gasteiger partial charge is 0.356 e. The van der Waals surface area contributed by atoms with Crippen LogP contribution < -0.4 is 10.6 Å². The molecule has 0 amide bonds. The maximum atomic E-state index is 11.5. The van der Waals surface area contributed by atoms with Gasteiger partial charge in [0.05, 0.1) is 4.90 Å². The number of aliphatic imine (C=N–C) groups is 1. The van der Waals surface area contributed by atoms with Gasteiger partial charge in [-0.3, -0.25) is 4.99 Å². The Labute approximate surface area is 152 Å². The number of guanidine groups is 1. The summed E-state index contributed by atoms with van der Waals surface area (Å²) in [6.07, 6.45) is 3.11. The Balaban J connectivity index is 2.31. The van der Waals surface area contributed by atoms with E-state index in [1.165, 1.54) is 6.26 Å². The molecular formula is C18H32N4O2S. The molecule has 0 unspecified atom stereocenters. The van der Waals surface area contributed by atoms with Crippen LogP contribution in [0.2, 0.25) is 0 Å². The van der Waals surface area contributed by atoms with Crippen molar-refractivity contribution in [1.29, 1.82) is 0 Å². The van der Waals surface area contributed by atoms with Crippen LogP contribution in [0.3, 0.4) is 0 Å². The minimum absolute atomic E-state index is 0.356. The normalized spacial score (nSPS) is 12.4. The van der Waals surface area contributed by atoms with E-state index >= 15 is 0 Å². The van der Waals surface area contributed by atoms with Gasteiger partial charge in [0.1, 0.15) is 0 Å². The van der Waals surface area contributed by atoms with Crippen LogP contribution in [0.1, 0.15) is 25.8 Å².